The van der Waals surface area contributed by atoms with Gasteiger partial charge in [-0.1, -0.05) is 63.3 Å². The van der Waals surface area contributed by atoms with Gasteiger partial charge in [-0.25, -0.2) is 0 Å². The predicted molar refractivity (Wildman–Crippen MR) is 97.8 cm³/mol. The van der Waals surface area contributed by atoms with Crippen molar-refractivity contribution in [3.63, 3.8) is 0 Å². The summed E-state index contributed by atoms with van der Waals surface area (Å²) in [6.45, 7) is 10.4. The Bertz CT molecular complexity index is 683. The summed E-state index contributed by atoms with van der Waals surface area (Å²) >= 11 is 0. The molecule has 0 spiro atoms. The largest absolute Gasteiger partial charge is 0.488 e. The molecule has 0 bridgehead atoms. The molecule has 116 valence electrons. The van der Waals surface area contributed by atoms with Crippen LogP contribution in [0.5, 0.6) is 5.75 Å². The molecule has 0 atom stereocenters. The maximum atomic E-state index is 6.07. The van der Waals surface area contributed by atoms with E-state index in [1.54, 1.807) is 10.8 Å². The van der Waals surface area contributed by atoms with Gasteiger partial charge in [-0.15, -0.1) is 0 Å². The highest BCUT2D eigenvalue weighted by Crippen LogP contribution is 2.37. The first-order valence-corrected chi connectivity index (χ1v) is 11.9. The van der Waals surface area contributed by atoms with Gasteiger partial charge in [0.2, 0.25) is 0 Å². The predicted octanol–water partition coefficient (Wildman–Crippen LogP) is 5.13. The molecule has 0 aliphatic carbocycles. The monoisotopic (exact) mass is 310 g/mol. The first-order chi connectivity index (χ1) is 10.5. The molecule has 22 heavy (non-hydrogen) atoms. The van der Waals surface area contributed by atoms with E-state index in [9.17, 15) is 0 Å². The minimum absolute atomic E-state index is 0.728. The maximum Gasteiger partial charge on any atom is 0.127 e. The number of para-hydroxylation sites is 1. The Balaban J connectivity index is 2.18. The van der Waals surface area contributed by atoms with E-state index in [2.05, 4.69) is 63.0 Å². The van der Waals surface area contributed by atoms with E-state index in [0.29, 0.717) is 0 Å². The number of hydrogen-bond donors (Lipinski definition) is 0. The van der Waals surface area contributed by atoms with Crippen molar-refractivity contribution in [1.82, 2.24) is 0 Å². The zero-order valence-electron chi connectivity index (χ0n) is 14.2. The molecular weight excluding hydrogens is 284 g/mol. The van der Waals surface area contributed by atoms with Crippen molar-refractivity contribution >= 4 is 13.3 Å². The molecule has 1 aliphatic rings. The summed E-state index contributed by atoms with van der Waals surface area (Å²) in [5, 5.41) is 1.63. The summed E-state index contributed by atoms with van der Waals surface area (Å²) in [6, 6.07) is 13.1. The van der Waals surface area contributed by atoms with Crippen LogP contribution >= 0.6 is 0 Å². The Hall–Kier alpha value is -1.54. The van der Waals surface area contributed by atoms with Crippen molar-refractivity contribution in [2.45, 2.75) is 52.4 Å². The van der Waals surface area contributed by atoms with Crippen LogP contribution in [-0.4, -0.2) is 8.07 Å². The van der Waals surface area contributed by atoms with E-state index in [1.807, 2.05) is 0 Å². The van der Waals surface area contributed by atoms with Gasteiger partial charge in [0.1, 0.15) is 12.4 Å². The molecule has 0 saturated heterocycles. The van der Waals surface area contributed by atoms with E-state index in [1.165, 1.54) is 36.0 Å². The second kappa shape index (κ2) is 5.92. The third-order valence-electron chi connectivity index (χ3n) is 4.50. The van der Waals surface area contributed by atoms with Gasteiger partial charge in [-0.05, 0) is 40.8 Å². The fourth-order valence-corrected chi connectivity index (χ4v) is 5.86. The first kappa shape index (κ1) is 15.4. The minimum atomic E-state index is -1.41. The molecule has 2 aromatic rings. The lowest BCUT2D eigenvalue weighted by Gasteiger charge is -2.30. The number of benzene rings is 2. The first-order valence-electron chi connectivity index (χ1n) is 8.40. The Labute approximate surface area is 135 Å². The van der Waals surface area contributed by atoms with E-state index in [0.717, 1.165) is 12.4 Å². The van der Waals surface area contributed by atoms with Gasteiger partial charge in [0, 0.05) is 5.56 Å². The second-order valence-corrected chi connectivity index (χ2v) is 12.3. The van der Waals surface area contributed by atoms with Gasteiger partial charge in [0.15, 0.2) is 0 Å². The van der Waals surface area contributed by atoms with Crippen molar-refractivity contribution < 1.29 is 4.74 Å². The molecular formula is C20H26OSi. The molecule has 0 unspecified atom stereocenters. The van der Waals surface area contributed by atoms with Crippen molar-refractivity contribution in [3.8, 4) is 16.9 Å². The Kier molecular flexibility index (Phi) is 4.13. The van der Waals surface area contributed by atoms with E-state index < -0.39 is 8.07 Å². The van der Waals surface area contributed by atoms with Crippen LogP contribution in [0.4, 0.5) is 0 Å². The van der Waals surface area contributed by atoms with E-state index in [-0.39, 0.29) is 0 Å². The number of rotatable bonds is 4. The Morgan fingerprint density at radius 1 is 1.00 bits per heavy atom. The van der Waals surface area contributed by atoms with Gasteiger partial charge in [-0.2, -0.15) is 0 Å². The lowest BCUT2D eigenvalue weighted by molar-refractivity contribution is 0.303. The van der Waals surface area contributed by atoms with Crippen LogP contribution in [0.15, 0.2) is 36.4 Å². The molecule has 0 N–H and O–H groups in total. The topological polar surface area (TPSA) is 9.23 Å². The van der Waals surface area contributed by atoms with Crippen LogP contribution in [0.3, 0.4) is 0 Å². The summed E-state index contributed by atoms with van der Waals surface area (Å²) in [7, 11) is -1.41. The third-order valence-corrected chi connectivity index (χ3v) is 6.62. The lowest BCUT2D eigenvalue weighted by atomic mass is 9.93. The average Bonchev–Trinajstić information content (AvgIpc) is 2.50. The third kappa shape index (κ3) is 2.72. The van der Waals surface area contributed by atoms with E-state index in [4.69, 9.17) is 4.74 Å². The highest BCUT2D eigenvalue weighted by atomic mass is 28.3. The molecule has 0 saturated carbocycles. The van der Waals surface area contributed by atoms with Crippen LogP contribution < -0.4 is 9.92 Å². The summed E-state index contributed by atoms with van der Waals surface area (Å²) in [4.78, 5) is 0. The van der Waals surface area contributed by atoms with Crippen molar-refractivity contribution in [2.75, 3.05) is 0 Å². The summed E-state index contributed by atoms with van der Waals surface area (Å²) in [5.41, 5.74) is 5.65. The highest BCUT2D eigenvalue weighted by molar-refractivity contribution is 6.89. The Morgan fingerprint density at radius 3 is 2.50 bits per heavy atom. The summed E-state index contributed by atoms with van der Waals surface area (Å²) in [6.07, 6.45) is 3.72. The van der Waals surface area contributed by atoms with Gasteiger partial charge in [0.25, 0.3) is 0 Å². The zero-order chi connectivity index (χ0) is 15.7. The molecule has 0 aromatic heterocycles. The van der Waals surface area contributed by atoms with Crippen LogP contribution in [-0.2, 0) is 13.0 Å². The van der Waals surface area contributed by atoms with Gasteiger partial charge >= 0.3 is 0 Å². The quantitative estimate of drug-likeness (QED) is 0.711. The van der Waals surface area contributed by atoms with Gasteiger partial charge < -0.3 is 4.74 Å². The standard InChI is InChI=1S/C20H26OSi/c1-5-6-9-15-12-13-16-17-10-7-8-11-19(17)21-14-18(16)20(15)22(2,3)4/h7-8,10-13H,5-6,9,14H2,1-4H3. The molecule has 0 fully saturated rings. The van der Waals surface area contributed by atoms with Gasteiger partial charge in [0.05, 0.1) is 8.07 Å². The number of fused-ring (bicyclic) bond motifs is 3. The van der Waals surface area contributed by atoms with Crippen molar-refractivity contribution in [2.24, 2.45) is 0 Å². The molecule has 1 heterocycles. The molecule has 2 heteroatoms. The fourth-order valence-electron chi connectivity index (χ4n) is 3.57. The van der Waals surface area contributed by atoms with Crippen molar-refractivity contribution in [3.05, 3.63) is 47.5 Å². The lowest BCUT2D eigenvalue weighted by Crippen LogP contribution is -2.43. The number of hydrogen-bond acceptors (Lipinski definition) is 1. The highest BCUT2D eigenvalue weighted by Gasteiger charge is 2.28. The smallest absolute Gasteiger partial charge is 0.127 e. The van der Waals surface area contributed by atoms with Crippen LogP contribution in [0.2, 0.25) is 19.6 Å². The number of aryl methyl sites for hydroxylation is 1. The SMILES string of the molecule is CCCCc1ccc2c(c1[Si](C)(C)C)COc1ccccc1-2. The summed E-state index contributed by atoms with van der Waals surface area (Å²) in [5.74, 6) is 1.03. The second-order valence-electron chi connectivity index (χ2n) is 7.26. The molecule has 0 radical (unpaired) electrons. The fraction of sp³-hybridized carbons (Fsp3) is 0.400. The molecule has 1 nitrogen and oxygen atoms in total. The summed E-state index contributed by atoms with van der Waals surface area (Å²) < 4.78 is 6.07. The van der Waals surface area contributed by atoms with Crippen LogP contribution in [0, 0.1) is 0 Å². The maximum absolute atomic E-state index is 6.07. The zero-order valence-corrected chi connectivity index (χ0v) is 15.2. The van der Waals surface area contributed by atoms with Gasteiger partial charge in [-0.3, -0.25) is 0 Å². The van der Waals surface area contributed by atoms with Crippen LogP contribution in [0.25, 0.3) is 11.1 Å². The van der Waals surface area contributed by atoms with E-state index >= 15 is 0 Å². The normalized spacial score (nSPS) is 13.3. The minimum Gasteiger partial charge on any atom is -0.488 e. The molecule has 3 rings (SSSR count). The molecule has 2 aromatic carbocycles. The number of unbranched alkanes of at least 4 members (excludes halogenated alkanes) is 1. The average molecular weight is 311 g/mol. The van der Waals surface area contributed by atoms with Crippen molar-refractivity contribution in [1.29, 1.82) is 0 Å². The molecule has 0 amide bonds. The van der Waals surface area contributed by atoms with Crippen LogP contribution in [0.1, 0.15) is 30.9 Å². The molecule has 1 aliphatic heterocycles. The Morgan fingerprint density at radius 2 is 1.77 bits per heavy atom. The number of ether oxygens (including phenoxy) is 1.